The Morgan fingerprint density at radius 2 is 0.615 bits per heavy atom. The number of carboxylic acid groups (broad SMARTS) is 4. The Kier molecular flexibility index (Phi) is 19.7. The normalized spacial score (nSPS) is 18.0. The highest BCUT2D eigenvalue weighted by Crippen LogP contribution is 2.57. The molecule has 538 valence electrons. The van der Waals surface area contributed by atoms with E-state index in [4.69, 9.17) is 33.2 Å². The minimum absolute atomic E-state index is 0.0438. The van der Waals surface area contributed by atoms with E-state index in [9.17, 15) is 116 Å². The van der Waals surface area contributed by atoms with Crippen molar-refractivity contribution in [2.24, 2.45) is 0 Å². The van der Waals surface area contributed by atoms with Crippen molar-refractivity contribution in [1.82, 2.24) is 0 Å². The van der Waals surface area contributed by atoms with Gasteiger partial charge in [-0.1, -0.05) is 48.5 Å². The molecule has 3 aliphatic rings. The van der Waals surface area contributed by atoms with E-state index in [-0.39, 0.29) is 55.6 Å². The van der Waals surface area contributed by atoms with Gasteiger partial charge in [0.2, 0.25) is 24.4 Å². The zero-order chi connectivity index (χ0) is 75.0. The maximum Gasteiger partial charge on any atom is 0.345 e. The van der Waals surface area contributed by atoms with Crippen molar-refractivity contribution in [2.75, 3.05) is 0 Å². The average molecular weight is 1440 g/mol. The van der Waals surface area contributed by atoms with Gasteiger partial charge in [0.05, 0.1) is 0 Å². The van der Waals surface area contributed by atoms with Crippen LogP contribution in [0.25, 0.3) is 6.08 Å². The van der Waals surface area contributed by atoms with Crippen LogP contribution in [0, 0.1) is 0 Å². The molecule has 0 aromatic heterocycles. The van der Waals surface area contributed by atoms with E-state index in [0.29, 0.717) is 0 Å². The van der Waals surface area contributed by atoms with E-state index in [1.807, 2.05) is 0 Å². The van der Waals surface area contributed by atoms with Crippen LogP contribution in [-0.2, 0) is 83.0 Å². The fourth-order valence-corrected chi connectivity index (χ4v) is 12.4. The second-order valence-electron chi connectivity index (χ2n) is 24.0. The van der Waals surface area contributed by atoms with Gasteiger partial charge in [0.15, 0.2) is 92.0 Å². The van der Waals surface area contributed by atoms with Crippen molar-refractivity contribution in [3.8, 4) is 92.0 Å². The molecule has 8 aromatic rings. The van der Waals surface area contributed by atoms with Gasteiger partial charge in [-0.15, -0.1) is 0 Å². The van der Waals surface area contributed by atoms with Gasteiger partial charge >= 0.3 is 47.8 Å². The van der Waals surface area contributed by atoms with E-state index in [2.05, 4.69) is 0 Å². The molecule has 3 aliphatic heterocycles. The van der Waals surface area contributed by atoms with Crippen molar-refractivity contribution in [2.45, 2.75) is 86.2 Å². The van der Waals surface area contributed by atoms with Crippen molar-refractivity contribution in [3.05, 3.63) is 195 Å². The monoisotopic (exact) mass is 1430 g/mol. The topological polar surface area (TPSA) is 545 Å². The molecule has 8 aromatic carbocycles. The van der Waals surface area contributed by atoms with Crippen LogP contribution in [0.5, 0.6) is 92.0 Å². The number of carbonyl (C=O) groups excluding carboxylic acids is 4. The number of fused-ring (bicyclic) bond motifs is 3. The van der Waals surface area contributed by atoms with Gasteiger partial charge in [-0.05, 0) is 129 Å². The second kappa shape index (κ2) is 28.7. The maximum atomic E-state index is 15.3. The van der Waals surface area contributed by atoms with Crippen molar-refractivity contribution in [1.29, 1.82) is 0 Å². The first-order valence-corrected chi connectivity index (χ1v) is 30.9. The number of benzene rings is 8. The molecule has 0 radical (unpaired) electrons. The number of aromatic hydroxyl groups is 13. The van der Waals surface area contributed by atoms with Crippen LogP contribution in [0.1, 0.15) is 97.3 Å². The Bertz CT molecular complexity index is 4860. The summed E-state index contributed by atoms with van der Waals surface area (Å²) in [6.45, 7) is 0. The largest absolute Gasteiger partial charge is 0.504 e. The zero-order valence-electron chi connectivity index (χ0n) is 53.1. The molecule has 32 nitrogen and oxygen atoms in total. The third-order valence-corrected chi connectivity index (χ3v) is 17.3. The van der Waals surface area contributed by atoms with E-state index in [0.717, 1.165) is 121 Å². The first kappa shape index (κ1) is 71.3. The Labute approximate surface area is 582 Å². The number of carboxylic acids is 4. The van der Waals surface area contributed by atoms with E-state index >= 15 is 9.59 Å². The molecule has 0 fully saturated rings. The lowest BCUT2D eigenvalue weighted by atomic mass is 9.85. The summed E-state index contributed by atoms with van der Waals surface area (Å²) >= 11 is 0. The summed E-state index contributed by atoms with van der Waals surface area (Å²) in [5.41, 5.74) is -2.19. The lowest BCUT2D eigenvalue weighted by Crippen LogP contribution is -2.35. The molecule has 0 unspecified atom stereocenters. The molecule has 0 saturated carbocycles. The first-order valence-electron chi connectivity index (χ1n) is 30.9. The summed E-state index contributed by atoms with van der Waals surface area (Å²) in [5.74, 6) is -29.3. The number of phenols is 13. The molecular weight excluding hydrogens is 1380 g/mol. The molecule has 10 atom stereocenters. The quantitative estimate of drug-likeness (QED) is 0.0133. The van der Waals surface area contributed by atoms with Crippen LogP contribution in [-0.4, -0.2) is 159 Å². The number of phenolic OH excluding ortho intramolecular Hbond substituents is 13. The number of rotatable bonds is 24. The number of aliphatic carboxylic acids is 4. The third-order valence-electron chi connectivity index (χ3n) is 17.3. The Morgan fingerprint density at radius 3 is 0.933 bits per heavy atom. The smallest absolute Gasteiger partial charge is 0.345 e. The minimum Gasteiger partial charge on any atom is -0.504 e. The Morgan fingerprint density at radius 1 is 0.327 bits per heavy atom. The zero-order valence-corrected chi connectivity index (χ0v) is 53.1. The van der Waals surface area contributed by atoms with E-state index in [1.165, 1.54) is 18.2 Å². The predicted molar refractivity (Wildman–Crippen MR) is 345 cm³/mol. The standard InChI is InChI=1S/C72H58O32/c73-36-10-1-28(19-44(36)81)3-18-53(86)98-50(67(89)90)25-30-4-15-41(78)63-54(30)58(61(103-63)34-8-13-39(76)47(84)23-34)71(96)100-52(69(93)94)27-32-6-17-43(80)65-56(32)59(62(104-65)35-9-14-40(77)48(85)24-35)72(97)101-51(68(91)92)26-31-5-16-42(79)64-55(31)57(60(102-64)33-7-12-38(75)46(83)22-33)70(95)99-49(66(87)88)21-29-2-11-37(74)45(82)20-29/h1-20,22-24,49-52,57-62,73-85H,21,25-27H2,(H,87,88)(H,89,90)(H,91,92)(H,93,94)/t49-,50-,51-,52-,57+,58+,59+,60-,61-,62-/m1/s1. The Hall–Kier alpha value is -13.9. The van der Waals surface area contributed by atoms with Gasteiger partial charge in [-0.25, -0.2) is 24.0 Å². The fourth-order valence-electron chi connectivity index (χ4n) is 12.4. The fraction of sp³-hybridized carbons (Fsp3) is 0.194. The van der Waals surface area contributed by atoms with Gasteiger partial charge in [-0.3, -0.25) is 14.4 Å². The lowest BCUT2D eigenvalue weighted by Gasteiger charge is -2.24. The molecule has 0 bridgehead atoms. The summed E-state index contributed by atoms with van der Waals surface area (Å²) in [5, 5.41) is 179. The number of ether oxygens (including phenoxy) is 7. The maximum absolute atomic E-state index is 15.3. The van der Waals surface area contributed by atoms with Crippen LogP contribution in [0.15, 0.2) is 133 Å². The second-order valence-corrected chi connectivity index (χ2v) is 24.0. The van der Waals surface area contributed by atoms with Crippen LogP contribution >= 0.6 is 0 Å². The highest BCUT2D eigenvalue weighted by atomic mass is 16.6. The molecule has 104 heavy (non-hydrogen) atoms. The summed E-state index contributed by atoms with van der Waals surface area (Å²) in [4.78, 5) is 111. The highest BCUT2D eigenvalue weighted by molar-refractivity contribution is 5.91. The molecule has 0 spiro atoms. The number of esters is 4. The molecular formula is C72H58O32. The predicted octanol–water partition coefficient (Wildman–Crippen LogP) is 6.48. The summed E-state index contributed by atoms with van der Waals surface area (Å²) in [6, 6.07) is 22.2. The van der Waals surface area contributed by atoms with Gasteiger partial charge in [-0.2, -0.15) is 0 Å². The van der Waals surface area contributed by atoms with Gasteiger partial charge < -0.3 is 120 Å². The Balaban J connectivity index is 0.932. The number of carbonyl (C=O) groups is 8. The summed E-state index contributed by atoms with van der Waals surface area (Å²) < 4.78 is 40.9. The number of hydrogen-bond acceptors (Lipinski definition) is 28. The van der Waals surface area contributed by atoms with Gasteiger partial charge in [0.1, 0.15) is 36.1 Å². The lowest BCUT2D eigenvalue weighted by molar-refractivity contribution is -0.166. The summed E-state index contributed by atoms with van der Waals surface area (Å²) in [6.07, 6.45) is -15.7. The molecule has 17 N–H and O–H groups in total. The van der Waals surface area contributed by atoms with Crippen LogP contribution in [0.4, 0.5) is 0 Å². The third kappa shape index (κ3) is 14.4. The molecule has 11 rings (SSSR count). The van der Waals surface area contributed by atoms with Crippen LogP contribution in [0.3, 0.4) is 0 Å². The van der Waals surface area contributed by atoms with Crippen molar-refractivity contribution < 1.29 is 158 Å². The van der Waals surface area contributed by atoms with Crippen LogP contribution in [0.2, 0.25) is 0 Å². The molecule has 0 saturated heterocycles. The number of hydrogen-bond donors (Lipinski definition) is 17. The average Bonchev–Trinajstić information content (AvgIpc) is 1.61. The SMILES string of the molecule is O=C(C=Cc1ccc(O)c(O)c1)O[C@H](Cc1ccc(O)c2c1[C@H](C(=O)O[C@H](Cc1ccc(O)c3c1[C@H](C(=O)O[C@H](Cc1ccc(O)c4c1[C@H](C(=O)O[C@H](Cc1ccc(O)c(O)c1)C(=O)O)[C@@H](c1ccc(O)c(O)c1)O4)C(=O)O)[C@@H](c1ccc(O)c(O)c1)O3)C(=O)O)[C@@H](c1ccc(O)c(O)c1)O2)C(=O)O. The van der Waals surface area contributed by atoms with E-state index in [1.54, 1.807) is 0 Å². The molecule has 0 aliphatic carbocycles. The van der Waals surface area contributed by atoms with Crippen molar-refractivity contribution in [3.63, 3.8) is 0 Å². The van der Waals surface area contributed by atoms with Crippen LogP contribution < -0.4 is 14.2 Å². The molecule has 3 heterocycles. The molecule has 0 amide bonds. The minimum atomic E-state index is -2.40. The molecule has 32 heteroatoms. The first-order chi connectivity index (χ1) is 49.3. The van der Waals surface area contributed by atoms with E-state index < -0.39 is 231 Å². The van der Waals surface area contributed by atoms with Crippen molar-refractivity contribution >= 4 is 53.8 Å². The van der Waals surface area contributed by atoms with Gasteiger partial charge in [0, 0.05) is 48.4 Å². The highest BCUT2D eigenvalue weighted by Gasteiger charge is 2.51. The summed E-state index contributed by atoms with van der Waals surface area (Å²) in [7, 11) is 0. The van der Waals surface area contributed by atoms with Gasteiger partial charge in [0.25, 0.3) is 0 Å².